The van der Waals surface area contributed by atoms with E-state index < -0.39 is 5.60 Å². The van der Waals surface area contributed by atoms with Crippen molar-refractivity contribution in [3.05, 3.63) is 0 Å². The van der Waals surface area contributed by atoms with Gasteiger partial charge < -0.3 is 14.8 Å². The van der Waals surface area contributed by atoms with Gasteiger partial charge in [0.05, 0.1) is 13.2 Å². The third kappa shape index (κ3) is 4.51. The van der Waals surface area contributed by atoms with Crippen LogP contribution in [0.5, 0.6) is 0 Å². The molecule has 0 aromatic carbocycles. The Kier molecular flexibility index (Phi) is 3.60. The molecule has 1 N–H and O–H groups in total. The third-order valence-electron chi connectivity index (χ3n) is 2.30. The smallest absolute Gasteiger partial charge is 0.407 e. The molecule has 0 unspecified atom stereocenters. The topological polar surface area (TPSA) is 47.6 Å². The molecule has 0 atom stereocenters. The van der Waals surface area contributed by atoms with Gasteiger partial charge in [0.25, 0.3) is 0 Å². The van der Waals surface area contributed by atoms with E-state index in [1.54, 1.807) is 0 Å². The summed E-state index contributed by atoms with van der Waals surface area (Å²) in [6.07, 6.45) is 0.595. The molecule has 0 aromatic rings. The number of amides is 1. The lowest BCUT2D eigenvalue weighted by Gasteiger charge is -2.38. The van der Waals surface area contributed by atoms with Gasteiger partial charge in [0.15, 0.2) is 0 Å². The second-order valence-electron chi connectivity index (χ2n) is 5.48. The van der Waals surface area contributed by atoms with E-state index in [2.05, 4.69) is 12.2 Å². The minimum Gasteiger partial charge on any atom is -0.444 e. The molecular weight excluding hydrogens is 194 g/mol. The Labute approximate surface area is 91.3 Å². The van der Waals surface area contributed by atoms with Crippen molar-refractivity contribution in [3.63, 3.8) is 0 Å². The second-order valence-corrected chi connectivity index (χ2v) is 5.48. The van der Waals surface area contributed by atoms with E-state index in [0.29, 0.717) is 6.54 Å². The first-order chi connectivity index (χ1) is 6.81. The maximum atomic E-state index is 11.3. The molecule has 88 valence electrons. The van der Waals surface area contributed by atoms with Crippen molar-refractivity contribution in [2.45, 2.75) is 39.7 Å². The highest BCUT2D eigenvalue weighted by Gasteiger charge is 2.32. The minimum absolute atomic E-state index is 0.245. The Morgan fingerprint density at radius 2 is 2.07 bits per heavy atom. The average molecular weight is 215 g/mol. The molecule has 1 rings (SSSR count). The van der Waals surface area contributed by atoms with Crippen LogP contribution in [0.15, 0.2) is 0 Å². The first kappa shape index (κ1) is 12.3. The molecule has 4 heteroatoms. The number of nitrogens with one attached hydrogen (secondary N) is 1. The van der Waals surface area contributed by atoms with Crippen LogP contribution in [0.25, 0.3) is 0 Å². The maximum Gasteiger partial charge on any atom is 0.407 e. The number of carbonyl (C=O) groups is 1. The summed E-state index contributed by atoms with van der Waals surface area (Å²) in [5, 5.41) is 2.75. The quantitative estimate of drug-likeness (QED) is 0.782. The van der Waals surface area contributed by atoms with Gasteiger partial charge in [0, 0.05) is 12.0 Å². The largest absolute Gasteiger partial charge is 0.444 e. The molecule has 4 nitrogen and oxygen atoms in total. The molecule has 0 spiro atoms. The Hall–Kier alpha value is -0.770. The van der Waals surface area contributed by atoms with Gasteiger partial charge >= 0.3 is 6.09 Å². The second kappa shape index (κ2) is 4.39. The molecule has 1 heterocycles. The average Bonchev–Trinajstić information content (AvgIpc) is 1.97. The van der Waals surface area contributed by atoms with Crippen LogP contribution in [0.3, 0.4) is 0 Å². The molecule has 0 radical (unpaired) electrons. The van der Waals surface area contributed by atoms with E-state index in [4.69, 9.17) is 9.47 Å². The molecular formula is C11H21NO3. The van der Waals surface area contributed by atoms with Crippen LogP contribution in [-0.2, 0) is 9.47 Å². The molecule has 0 aliphatic carbocycles. The Balaban J connectivity index is 2.12. The predicted octanol–water partition coefficient (Wildman–Crippen LogP) is 1.94. The van der Waals surface area contributed by atoms with Crippen molar-refractivity contribution >= 4 is 6.09 Å². The van der Waals surface area contributed by atoms with Crippen LogP contribution in [0.2, 0.25) is 0 Å². The maximum absolute atomic E-state index is 11.3. The van der Waals surface area contributed by atoms with Crippen molar-refractivity contribution in [1.29, 1.82) is 0 Å². The summed E-state index contributed by atoms with van der Waals surface area (Å²) in [4.78, 5) is 11.3. The van der Waals surface area contributed by atoms with Crippen molar-refractivity contribution in [3.8, 4) is 0 Å². The summed E-state index contributed by atoms with van der Waals surface area (Å²) in [7, 11) is 0. The highest BCUT2D eigenvalue weighted by molar-refractivity contribution is 5.67. The van der Waals surface area contributed by atoms with Gasteiger partial charge in [-0.3, -0.25) is 0 Å². The van der Waals surface area contributed by atoms with Gasteiger partial charge in [-0.2, -0.15) is 0 Å². The van der Waals surface area contributed by atoms with Gasteiger partial charge in [-0.05, 0) is 27.2 Å². The number of carbonyl (C=O) groups excluding carboxylic acids is 1. The van der Waals surface area contributed by atoms with E-state index in [1.165, 1.54) is 0 Å². The first-order valence-corrected chi connectivity index (χ1v) is 5.35. The molecule has 1 aliphatic rings. The van der Waals surface area contributed by atoms with E-state index in [-0.39, 0.29) is 11.5 Å². The van der Waals surface area contributed by atoms with Gasteiger partial charge in [-0.1, -0.05) is 6.92 Å². The third-order valence-corrected chi connectivity index (χ3v) is 2.30. The fraction of sp³-hybridized carbons (Fsp3) is 0.909. The van der Waals surface area contributed by atoms with Crippen LogP contribution in [-0.4, -0.2) is 31.5 Å². The van der Waals surface area contributed by atoms with E-state index >= 15 is 0 Å². The molecule has 15 heavy (non-hydrogen) atoms. The van der Waals surface area contributed by atoms with Crippen molar-refractivity contribution in [1.82, 2.24) is 5.32 Å². The normalized spacial score (nSPS) is 19.2. The van der Waals surface area contributed by atoms with Crippen LogP contribution >= 0.6 is 0 Å². The summed E-state index contributed by atoms with van der Waals surface area (Å²) in [6.45, 7) is 9.96. The lowest BCUT2D eigenvalue weighted by Crippen LogP contribution is -2.43. The SMILES string of the molecule is CC1(CCNC(=O)OC(C)(C)C)COC1. The predicted molar refractivity (Wildman–Crippen MR) is 57.8 cm³/mol. The molecule has 1 amide bonds. The van der Waals surface area contributed by atoms with Crippen molar-refractivity contribution in [2.75, 3.05) is 19.8 Å². The standard InChI is InChI=1S/C11H21NO3/c1-10(2,3)15-9(13)12-6-5-11(4)7-14-8-11/h5-8H2,1-4H3,(H,12,13). The van der Waals surface area contributed by atoms with Gasteiger partial charge in [0.1, 0.15) is 5.60 Å². The first-order valence-electron chi connectivity index (χ1n) is 5.35. The van der Waals surface area contributed by atoms with Crippen LogP contribution in [0.1, 0.15) is 34.1 Å². The molecule has 1 aliphatic heterocycles. The molecule has 0 saturated carbocycles. The fourth-order valence-electron chi connectivity index (χ4n) is 1.38. The summed E-state index contributed by atoms with van der Waals surface area (Å²) < 4.78 is 10.3. The monoisotopic (exact) mass is 215 g/mol. The Bertz CT molecular complexity index is 228. The summed E-state index contributed by atoms with van der Waals surface area (Å²) in [5.74, 6) is 0. The lowest BCUT2D eigenvalue weighted by molar-refractivity contribution is -0.105. The number of hydrogen-bond acceptors (Lipinski definition) is 3. The summed E-state index contributed by atoms with van der Waals surface area (Å²) in [5.41, 5.74) is -0.178. The molecule has 1 saturated heterocycles. The van der Waals surface area contributed by atoms with Crippen molar-refractivity contribution < 1.29 is 14.3 Å². The minimum atomic E-state index is -0.423. The van der Waals surface area contributed by atoms with Crippen LogP contribution in [0, 0.1) is 5.41 Å². The molecule has 1 fully saturated rings. The van der Waals surface area contributed by atoms with E-state index in [9.17, 15) is 4.79 Å². The van der Waals surface area contributed by atoms with Gasteiger partial charge in [0.2, 0.25) is 0 Å². The highest BCUT2D eigenvalue weighted by Crippen LogP contribution is 2.29. The molecule has 0 bridgehead atoms. The van der Waals surface area contributed by atoms with Crippen molar-refractivity contribution in [2.24, 2.45) is 5.41 Å². The zero-order valence-corrected chi connectivity index (χ0v) is 10.1. The Morgan fingerprint density at radius 3 is 2.47 bits per heavy atom. The summed E-state index contributed by atoms with van der Waals surface area (Å²) >= 11 is 0. The number of rotatable bonds is 3. The van der Waals surface area contributed by atoms with Crippen LogP contribution in [0.4, 0.5) is 4.79 Å². The highest BCUT2D eigenvalue weighted by atomic mass is 16.6. The number of ether oxygens (including phenoxy) is 2. The van der Waals surface area contributed by atoms with Gasteiger partial charge in [-0.25, -0.2) is 4.79 Å². The lowest BCUT2D eigenvalue weighted by atomic mass is 9.85. The molecule has 0 aromatic heterocycles. The zero-order valence-electron chi connectivity index (χ0n) is 10.1. The summed E-state index contributed by atoms with van der Waals surface area (Å²) in [6, 6.07) is 0. The van der Waals surface area contributed by atoms with E-state index in [1.807, 2.05) is 20.8 Å². The fourth-order valence-corrected chi connectivity index (χ4v) is 1.38. The zero-order chi connectivity index (χ0) is 11.5. The number of alkyl carbamates (subject to hydrolysis) is 1. The number of hydrogen-bond donors (Lipinski definition) is 1. The van der Waals surface area contributed by atoms with Crippen LogP contribution < -0.4 is 5.32 Å². The van der Waals surface area contributed by atoms with E-state index in [0.717, 1.165) is 19.6 Å². The van der Waals surface area contributed by atoms with Gasteiger partial charge in [-0.15, -0.1) is 0 Å². The Morgan fingerprint density at radius 1 is 1.47 bits per heavy atom.